The van der Waals surface area contributed by atoms with Crippen LogP contribution in [-0.2, 0) is 0 Å². The Labute approximate surface area is 60.5 Å². The van der Waals surface area contributed by atoms with Crippen molar-refractivity contribution in [2.75, 3.05) is 5.88 Å². The second-order valence-electron chi connectivity index (χ2n) is 1.98. The number of hydrogen-bond donors (Lipinski definition) is 0. The highest BCUT2D eigenvalue weighted by molar-refractivity contribution is 6.19. The van der Waals surface area contributed by atoms with Crippen molar-refractivity contribution < 1.29 is 0 Å². The van der Waals surface area contributed by atoms with Crippen LogP contribution in [0, 0.1) is 0 Å². The van der Waals surface area contributed by atoms with Gasteiger partial charge in [-0.3, -0.25) is 0 Å². The van der Waals surface area contributed by atoms with E-state index < -0.39 is 0 Å². The molecule has 0 radical (unpaired) electrons. The van der Waals surface area contributed by atoms with Crippen molar-refractivity contribution in [3.05, 3.63) is 36.0 Å². The average Bonchev–Trinajstić information content (AvgIpc) is 2.13. The molecule has 0 amide bonds. The maximum atomic E-state index is 5.62. The molecule has 0 fully saturated rings. The largest absolute Gasteiger partial charge is 0.122 e. The molecule has 1 aliphatic rings. The zero-order valence-corrected chi connectivity index (χ0v) is 5.93. The summed E-state index contributed by atoms with van der Waals surface area (Å²) >= 11 is 5.62. The molecular formula is C8H9Cl. The van der Waals surface area contributed by atoms with Crippen LogP contribution in [0.3, 0.4) is 0 Å². The summed E-state index contributed by atoms with van der Waals surface area (Å²) in [4.78, 5) is 0. The van der Waals surface area contributed by atoms with Crippen LogP contribution in [0.25, 0.3) is 0 Å². The maximum Gasteiger partial charge on any atom is 0.0439 e. The first-order chi connectivity index (χ1) is 4.43. The summed E-state index contributed by atoms with van der Waals surface area (Å²) in [5.41, 5.74) is 1.28. The van der Waals surface area contributed by atoms with E-state index in [9.17, 15) is 0 Å². The number of hydrogen-bond acceptors (Lipinski definition) is 0. The van der Waals surface area contributed by atoms with Gasteiger partial charge in [0, 0.05) is 5.88 Å². The molecule has 0 heterocycles. The lowest BCUT2D eigenvalue weighted by Gasteiger charge is -1.92. The molecule has 0 unspecified atom stereocenters. The van der Waals surface area contributed by atoms with Gasteiger partial charge in [-0.2, -0.15) is 0 Å². The molecule has 1 rings (SSSR count). The number of alkyl halides is 1. The smallest absolute Gasteiger partial charge is 0.0439 e. The van der Waals surface area contributed by atoms with Gasteiger partial charge < -0.3 is 0 Å². The maximum absolute atomic E-state index is 5.62. The first-order valence-electron chi connectivity index (χ1n) is 3.00. The Bertz CT molecular complexity index is 163. The molecule has 0 aromatic carbocycles. The predicted molar refractivity (Wildman–Crippen MR) is 41.7 cm³/mol. The fraction of sp³-hybridized carbons (Fsp3) is 0.250. The SMILES string of the molecule is ClCC1=CC=CC=CC1. The molecule has 0 aromatic rings. The summed E-state index contributed by atoms with van der Waals surface area (Å²) in [6, 6.07) is 0. The lowest BCUT2D eigenvalue weighted by molar-refractivity contribution is 1.22. The lowest BCUT2D eigenvalue weighted by Crippen LogP contribution is -1.79. The predicted octanol–water partition coefficient (Wildman–Crippen LogP) is 2.67. The summed E-state index contributed by atoms with van der Waals surface area (Å²) in [6.45, 7) is 0. The molecule has 0 saturated heterocycles. The lowest BCUT2D eigenvalue weighted by atomic mass is 10.2. The van der Waals surface area contributed by atoms with E-state index >= 15 is 0 Å². The van der Waals surface area contributed by atoms with Gasteiger partial charge in [-0.15, -0.1) is 11.6 Å². The van der Waals surface area contributed by atoms with Crippen molar-refractivity contribution in [1.29, 1.82) is 0 Å². The Balaban J connectivity index is 2.62. The summed E-state index contributed by atoms with van der Waals surface area (Å²) in [7, 11) is 0. The van der Waals surface area contributed by atoms with Crippen molar-refractivity contribution in [3.8, 4) is 0 Å². The van der Waals surface area contributed by atoms with Crippen LogP contribution < -0.4 is 0 Å². The van der Waals surface area contributed by atoms with Crippen LogP contribution in [-0.4, -0.2) is 5.88 Å². The minimum atomic E-state index is 0.648. The third-order valence-corrected chi connectivity index (χ3v) is 1.59. The van der Waals surface area contributed by atoms with Crippen LogP contribution >= 0.6 is 11.6 Å². The zero-order chi connectivity index (χ0) is 6.53. The molecular weight excluding hydrogens is 132 g/mol. The van der Waals surface area contributed by atoms with E-state index in [1.54, 1.807) is 0 Å². The molecule has 0 spiro atoms. The van der Waals surface area contributed by atoms with E-state index in [4.69, 9.17) is 11.6 Å². The molecule has 1 heteroatoms. The van der Waals surface area contributed by atoms with E-state index in [1.165, 1.54) is 5.57 Å². The first kappa shape index (κ1) is 6.63. The van der Waals surface area contributed by atoms with Gasteiger partial charge in [-0.25, -0.2) is 0 Å². The van der Waals surface area contributed by atoms with E-state index in [1.807, 2.05) is 18.2 Å². The van der Waals surface area contributed by atoms with E-state index in [0.29, 0.717) is 5.88 Å². The Morgan fingerprint density at radius 2 is 2.22 bits per heavy atom. The second kappa shape index (κ2) is 3.52. The Morgan fingerprint density at radius 3 is 3.00 bits per heavy atom. The fourth-order valence-electron chi connectivity index (χ4n) is 0.721. The molecule has 48 valence electrons. The number of rotatable bonds is 1. The van der Waals surface area contributed by atoms with Gasteiger partial charge in [0.25, 0.3) is 0 Å². The van der Waals surface area contributed by atoms with Gasteiger partial charge in [0.05, 0.1) is 0 Å². The number of halogens is 1. The van der Waals surface area contributed by atoms with Gasteiger partial charge in [0.1, 0.15) is 0 Å². The molecule has 9 heavy (non-hydrogen) atoms. The highest BCUT2D eigenvalue weighted by Crippen LogP contribution is 2.07. The van der Waals surface area contributed by atoms with Gasteiger partial charge >= 0.3 is 0 Å². The average molecular weight is 141 g/mol. The second-order valence-corrected chi connectivity index (χ2v) is 2.24. The molecule has 0 N–H and O–H groups in total. The topological polar surface area (TPSA) is 0 Å². The van der Waals surface area contributed by atoms with Crippen molar-refractivity contribution >= 4 is 11.6 Å². The van der Waals surface area contributed by atoms with E-state index in [-0.39, 0.29) is 0 Å². The highest BCUT2D eigenvalue weighted by Gasteiger charge is 1.90. The monoisotopic (exact) mass is 140 g/mol. The van der Waals surface area contributed by atoms with Crippen LogP contribution in [0.2, 0.25) is 0 Å². The van der Waals surface area contributed by atoms with E-state index in [0.717, 1.165) is 6.42 Å². The van der Waals surface area contributed by atoms with Crippen molar-refractivity contribution in [3.63, 3.8) is 0 Å². The molecule has 0 saturated carbocycles. The number of allylic oxidation sites excluding steroid dienone is 6. The van der Waals surface area contributed by atoms with Gasteiger partial charge in [0.2, 0.25) is 0 Å². The van der Waals surface area contributed by atoms with Gasteiger partial charge in [-0.05, 0) is 6.42 Å². The molecule has 0 atom stereocenters. The third-order valence-electron chi connectivity index (χ3n) is 1.24. The zero-order valence-electron chi connectivity index (χ0n) is 5.18. The Kier molecular flexibility index (Phi) is 2.59. The Hall–Kier alpha value is -0.490. The van der Waals surface area contributed by atoms with Crippen molar-refractivity contribution in [2.24, 2.45) is 0 Å². The Morgan fingerprint density at radius 1 is 1.33 bits per heavy atom. The first-order valence-corrected chi connectivity index (χ1v) is 3.54. The standard InChI is InChI=1S/C8H9Cl/c9-7-8-5-3-1-2-4-6-8/h1-5H,6-7H2. The molecule has 0 aliphatic heterocycles. The summed E-state index contributed by atoms with van der Waals surface area (Å²) in [5.74, 6) is 0.648. The van der Waals surface area contributed by atoms with Crippen molar-refractivity contribution in [1.82, 2.24) is 0 Å². The van der Waals surface area contributed by atoms with Crippen LogP contribution in [0.15, 0.2) is 36.0 Å². The minimum absolute atomic E-state index is 0.648. The van der Waals surface area contributed by atoms with Crippen LogP contribution in [0.5, 0.6) is 0 Å². The van der Waals surface area contributed by atoms with Crippen LogP contribution in [0.1, 0.15) is 6.42 Å². The van der Waals surface area contributed by atoms with Gasteiger partial charge in [0.15, 0.2) is 0 Å². The fourth-order valence-corrected chi connectivity index (χ4v) is 0.919. The summed E-state index contributed by atoms with van der Waals surface area (Å²) in [5, 5.41) is 0. The van der Waals surface area contributed by atoms with Gasteiger partial charge in [-0.1, -0.05) is 36.0 Å². The third kappa shape index (κ3) is 2.06. The molecule has 0 aromatic heterocycles. The summed E-state index contributed by atoms with van der Waals surface area (Å²) in [6.07, 6.45) is 11.2. The highest BCUT2D eigenvalue weighted by atomic mass is 35.5. The van der Waals surface area contributed by atoms with Crippen LogP contribution in [0.4, 0.5) is 0 Å². The normalized spacial score (nSPS) is 17.2. The molecule has 0 nitrogen and oxygen atoms in total. The summed E-state index contributed by atoms with van der Waals surface area (Å²) < 4.78 is 0. The molecule has 0 bridgehead atoms. The molecule has 1 aliphatic carbocycles. The van der Waals surface area contributed by atoms with E-state index in [2.05, 4.69) is 12.2 Å². The van der Waals surface area contributed by atoms with Crippen molar-refractivity contribution in [2.45, 2.75) is 6.42 Å². The minimum Gasteiger partial charge on any atom is -0.122 e. The quantitative estimate of drug-likeness (QED) is 0.492.